The third-order valence-corrected chi connectivity index (χ3v) is 3.29. The van der Waals surface area contributed by atoms with Crippen molar-refractivity contribution in [1.82, 2.24) is 5.32 Å². The lowest BCUT2D eigenvalue weighted by Crippen LogP contribution is -2.59. The van der Waals surface area contributed by atoms with E-state index in [-0.39, 0.29) is 23.6 Å². The molecule has 1 aliphatic rings. The third kappa shape index (κ3) is 5.83. The van der Waals surface area contributed by atoms with E-state index in [2.05, 4.69) is 33.0 Å². The summed E-state index contributed by atoms with van der Waals surface area (Å²) in [7, 11) is 0. The van der Waals surface area contributed by atoms with Crippen molar-refractivity contribution in [2.45, 2.75) is 77.0 Å². The van der Waals surface area contributed by atoms with Crippen molar-refractivity contribution >= 4 is 5.97 Å². The number of carboxylic acids is 1. The molecule has 1 rings (SSSR count). The van der Waals surface area contributed by atoms with Gasteiger partial charge in [0.15, 0.2) is 0 Å². The SMILES string of the molecule is CC1(C)CC(OCCCCC(=O)O)CC(C)(C)N1. The zero-order valence-corrected chi connectivity index (χ0v) is 12.1. The molecule has 18 heavy (non-hydrogen) atoms. The van der Waals surface area contributed by atoms with E-state index in [4.69, 9.17) is 9.84 Å². The van der Waals surface area contributed by atoms with Crippen LogP contribution in [0.15, 0.2) is 0 Å². The van der Waals surface area contributed by atoms with Crippen LogP contribution in [0.3, 0.4) is 0 Å². The van der Waals surface area contributed by atoms with Crippen LogP contribution in [0.25, 0.3) is 0 Å². The molecule has 0 aromatic rings. The standard InChI is InChI=1S/C14H27NO3/c1-13(2)9-11(10-14(3,4)15-13)18-8-6-5-7-12(16)17/h11,15H,5-10H2,1-4H3,(H,16,17). The van der Waals surface area contributed by atoms with Crippen molar-refractivity contribution in [2.75, 3.05) is 6.61 Å². The molecule has 0 bridgehead atoms. The Hall–Kier alpha value is -0.610. The van der Waals surface area contributed by atoms with E-state index in [9.17, 15) is 4.79 Å². The quantitative estimate of drug-likeness (QED) is 0.718. The number of hydrogen-bond acceptors (Lipinski definition) is 3. The fraction of sp³-hybridized carbons (Fsp3) is 0.929. The van der Waals surface area contributed by atoms with Crippen LogP contribution in [0.5, 0.6) is 0 Å². The van der Waals surface area contributed by atoms with Crippen LogP contribution in [0.4, 0.5) is 0 Å². The zero-order valence-electron chi connectivity index (χ0n) is 12.1. The number of nitrogens with one attached hydrogen (secondary N) is 1. The van der Waals surface area contributed by atoms with Gasteiger partial charge in [0.25, 0.3) is 0 Å². The highest BCUT2D eigenvalue weighted by atomic mass is 16.5. The molecule has 1 saturated heterocycles. The van der Waals surface area contributed by atoms with Crippen molar-refractivity contribution < 1.29 is 14.6 Å². The van der Waals surface area contributed by atoms with Gasteiger partial charge in [0.2, 0.25) is 0 Å². The molecular weight excluding hydrogens is 230 g/mol. The Bertz CT molecular complexity index is 271. The summed E-state index contributed by atoms with van der Waals surface area (Å²) in [4.78, 5) is 10.4. The molecule has 0 saturated carbocycles. The molecule has 4 heteroatoms. The topological polar surface area (TPSA) is 58.6 Å². The molecule has 0 aromatic heterocycles. The summed E-state index contributed by atoms with van der Waals surface area (Å²) in [6.45, 7) is 9.48. The van der Waals surface area contributed by atoms with Gasteiger partial charge < -0.3 is 15.2 Å². The van der Waals surface area contributed by atoms with Gasteiger partial charge in [0.1, 0.15) is 0 Å². The van der Waals surface area contributed by atoms with Crippen molar-refractivity contribution in [2.24, 2.45) is 0 Å². The normalized spacial score (nSPS) is 22.9. The van der Waals surface area contributed by atoms with Crippen LogP contribution in [0, 0.1) is 0 Å². The lowest BCUT2D eigenvalue weighted by molar-refractivity contribution is -0.137. The molecule has 0 radical (unpaired) electrons. The fourth-order valence-electron chi connectivity index (χ4n) is 2.97. The summed E-state index contributed by atoms with van der Waals surface area (Å²) >= 11 is 0. The van der Waals surface area contributed by atoms with E-state index in [0.29, 0.717) is 13.0 Å². The maximum atomic E-state index is 10.4. The van der Waals surface area contributed by atoms with E-state index in [1.54, 1.807) is 0 Å². The molecule has 0 unspecified atom stereocenters. The lowest BCUT2D eigenvalue weighted by Gasteiger charge is -2.46. The molecule has 0 atom stereocenters. The molecule has 1 heterocycles. The largest absolute Gasteiger partial charge is 0.481 e. The number of hydrogen-bond donors (Lipinski definition) is 2. The Morgan fingerprint density at radius 2 is 1.78 bits per heavy atom. The lowest BCUT2D eigenvalue weighted by atomic mass is 9.81. The van der Waals surface area contributed by atoms with Gasteiger partial charge >= 0.3 is 5.97 Å². The number of carboxylic acid groups (broad SMARTS) is 1. The molecule has 0 aromatic carbocycles. The van der Waals surface area contributed by atoms with Gasteiger partial charge in [-0.3, -0.25) is 4.79 Å². The number of unbranched alkanes of at least 4 members (excludes halogenated alkanes) is 1. The van der Waals surface area contributed by atoms with Gasteiger partial charge in [-0.1, -0.05) is 0 Å². The minimum atomic E-state index is -0.723. The van der Waals surface area contributed by atoms with Gasteiger partial charge in [-0.05, 0) is 53.4 Å². The number of rotatable bonds is 6. The molecule has 0 spiro atoms. The second-order valence-corrected chi connectivity index (χ2v) is 6.64. The number of carbonyl (C=O) groups is 1. The molecule has 1 fully saturated rings. The van der Waals surface area contributed by atoms with Crippen LogP contribution < -0.4 is 5.32 Å². The van der Waals surface area contributed by atoms with Crippen LogP contribution in [0.2, 0.25) is 0 Å². The molecule has 4 nitrogen and oxygen atoms in total. The van der Waals surface area contributed by atoms with Gasteiger partial charge in [-0.15, -0.1) is 0 Å². The van der Waals surface area contributed by atoms with Gasteiger partial charge in [0, 0.05) is 24.1 Å². The Morgan fingerprint density at radius 3 is 2.28 bits per heavy atom. The highest BCUT2D eigenvalue weighted by Gasteiger charge is 2.37. The monoisotopic (exact) mass is 257 g/mol. The summed E-state index contributed by atoms with van der Waals surface area (Å²) < 4.78 is 5.90. The average Bonchev–Trinajstić information content (AvgIpc) is 2.11. The first-order chi connectivity index (χ1) is 8.20. The van der Waals surface area contributed by atoms with E-state index in [1.807, 2.05) is 0 Å². The van der Waals surface area contributed by atoms with Crippen LogP contribution in [-0.2, 0) is 9.53 Å². The molecule has 106 valence electrons. The van der Waals surface area contributed by atoms with Crippen molar-refractivity contribution in [1.29, 1.82) is 0 Å². The van der Waals surface area contributed by atoms with E-state index >= 15 is 0 Å². The number of aliphatic carboxylic acids is 1. The minimum Gasteiger partial charge on any atom is -0.481 e. The van der Waals surface area contributed by atoms with Crippen molar-refractivity contribution in [3.63, 3.8) is 0 Å². The first-order valence-corrected chi connectivity index (χ1v) is 6.83. The second-order valence-electron chi connectivity index (χ2n) is 6.64. The van der Waals surface area contributed by atoms with Gasteiger partial charge in [-0.2, -0.15) is 0 Å². The fourth-order valence-corrected chi connectivity index (χ4v) is 2.97. The van der Waals surface area contributed by atoms with Crippen LogP contribution in [-0.4, -0.2) is 34.9 Å². The predicted octanol–water partition coefficient (Wildman–Crippen LogP) is 2.57. The Balaban J connectivity index is 2.27. The summed E-state index contributed by atoms with van der Waals surface area (Å²) in [6, 6.07) is 0. The highest BCUT2D eigenvalue weighted by Crippen LogP contribution is 2.30. The summed E-state index contributed by atoms with van der Waals surface area (Å²) in [5.74, 6) is -0.723. The van der Waals surface area contributed by atoms with E-state index < -0.39 is 5.97 Å². The Labute approximate surface area is 110 Å². The predicted molar refractivity (Wildman–Crippen MR) is 71.8 cm³/mol. The van der Waals surface area contributed by atoms with Crippen LogP contribution >= 0.6 is 0 Å². The van der Waals surface area contributed by atoms with Crippen molar-refractivity contribution in [3.8, 4) is 0 Å². The number of piperidine rings is 1. The molecule has 1 aliphatic heterocycles. The van der Waals surface area contributed by atoms with Gasteiger partial charge in [-0.25, -0.2) is 0 Å². The Morgan fingerprint density at radius 1 is 1.22 bits per heavy atom. The van der Waals surface area contributed by atoms with E-state index in [1.165, 1.54) is 0 Å². The summed E-state index contributed by atoms with van der Waals surface area (Å²) in [5.41, 5.74) is 0.209. The maximum absolute atomic E-state index is 10.4. The second kappa shape index (κ2) is 6.02. The smallest absolute Gasteiger partial charge is 0.303 e. The molecule has 0 aliphatic carbocycles. The minimum absolute atomic E-state index is 0.105. The Kier molecular flexibility index (Phi) is 5.17. The first kappa shape index (κ1) is 15.4. The summed E-state index contributed by atoms with van der Waals surface area (Å²) in [6.07, 6.45) is 4.07. The molecule has 0 amide bonds. The van der Waals surface area contributed by atoms with Crippen molar-refractivity contribution in [3.05, 3.63) is 0 Å². The van der Waals surface area contributed by atoms with E-state index in [0.717, 1.165) is 19.3 Å². The van der Waals surface area contributed by atoms with Crippen LogP contribution in [0.1, 0.15) is 59.8 Å². The number of ether oxygens (including phenoxy) is 1. The maximum Gasteiger partial charge on any atom is 0.303 e. The third-order valence-electron chi connectivity index (χ3n) is 3.29. The average molecular weight is 257 g/mol. The molecular formula is C14H27NO3. The zero-order chi connectivity index (χ0) is 13.8. The molecule has 2 N–H and O–H groups in total. The first-order valence-electron chi connectivity index (χ1n) is 6.83. The van der Waals surface area contributed by atoms with Gasteiger partial charge in [0.05, 0.1) is 6.10 Å². The summed E-state index contributed by atoms with van der Waals surface area (Å²) in [5, 5.41) is 12.2. The highest BCUT2D eigenvalue weighted by molar-refractivity contribution is 5.66.